The number of aliphatic hydroxyl groups is 1. The van der Waals surface area contributed by atoms with Crippen LogP contribution in [-0.4, -0.2) is 28.9 Å². The van der Waals surface area contributed by atoms with E-state index < -0.39 is 11.5 Å². The van der Waals surface area contributed by atoms with E-state index in [0.29, 0.717) is 29.0 Å². The second-order valence-electron chi connectivity index (χ2n) is 6.27. The van der Waals surface area contributed by atoms with Crippen LogP contribution in [0.25, 0.3) is 0 Å². The molecule has 0 spiro atoms. The first-order valence-corrected chi connectivity index (χ1v) is 9.19. The Morgan fingerprint density at radius 1 is 1.00 bits per heavy atom. The maximum absolute atomic E-state index is 12.9. The Balaban J connectivity index is 1.87. The van der Waals surface area contributed by atoms with Gasteiger partial charge in [0, 0.05) is 5.56 Å². The van der Waals surface area contributed by atoms with Crippen LogP contribution >= 0.6 is 0 Å². The standard InChI is InChI=1S/C23H22N2O4/c1-2-29-20-15-9-10-17(21(20)26)16-24-25-22(27)23(28,18-11-5-3-6-12-18)19-13-7-4-8-14-19/h3-16,26,28H,2H2,1H3,(H,25,27). The van der Waals surface area contributed by atoms with Gasteiger partial charge in [0.25, 0.3) is 5.91 Å². The van der Waals surface area contributed by atoms with E-state index in [2.05, 4.69) is 10.5 Å². The Labute approximate surface area is 169 Å². The van der Waals surface area contributed by atoms with Crippen LogP contribution in [0.2, 0.25) is 0 Å². The summed E-state index contributed by atoms with van der Waals surface area (Å²) in [5.74, 6) is -0.465. The highest BCUT2D eigenvalue weighted by Crippen LogP contribution is 2.30. The predicted octanol–water partition coefficient (Wildman–Crippen LogP) is 3.18. The molecule has 148 valence electrons. The van der Waals surface area contributed by atoms with Gasteiger partial charge in [0.15, 0.2) is 17.1 Å². The molecule has 0 radical (unpaired) electrons. The van der Waals surface area contributed by atoms with Gasteiger partial charge in [-0.25, -0.2) is 5.43 Å². The van der Waals surface area contributed by atoms with Crippen LogP contribution in [0.15, 0.2) is 84.0 Å². The number of benzene rings is 3. The molecular formula is C23H22N2O4. The van der Waals surface area contributed by atoms with Crippen molar-refractivity contribution in [3.05, 3.63) is 95.6 Å². The molecule has 6 nitrogen and oxygen atoms in total. The fraction of sp³-hybridized carbons (Fsp3) is 0.130. The zero-order chi connectivity index (χ0) is 20.7. The molecule has 3 aromatic carbocycles. The smallest absolute Gasteiger partial charge is 0.281 e. The van der Waals surface area contributed by atoms with Gasteiger partial charge in [0.2, 0.25) is 0 Å². The molecule has 0 aromatic heterocycles. The average Bonchev–Trinajstić information content (AvgIpc) is 2.77. The van der Waals surface area contributed by atoms with Gasteiger partial charge in [0.05, 0.1) is 12.8 Å². The molecule has 0 aliphatic carbocycles. The Morgan fingerprint density at radius 2 is 1.59 bits per heavy atom. The van der Waals surface area contributed by atoms with Crippen LogP contribution in [0.4, 0.5) is 0 Å². The number of carbonyl (C=O) groups is 1. The second kappa shape index (κ2) is 9.03. The molecule has 0 unspecified atom stereocenters. The van der Waals surface area contributed by atoms with Crippen molar-refractivity contribution < 1.29 is 19.7 Å². The van der Waals surface area contributed by atoms with E-state index in [4.69, 9.17) is 4.74 Å². The van der Waals surface area contributed by atoms with E-state index in [1.54, 1.807) is 78.9 Å². The van der Waals surface area contributed by atoms with Crippen LogP contribution < -0.4 is 10.2 Å². The van der Waals surface area contributed by atoms with Crippen molar-refractivity contribution in [2.24, 2.45) is 5.10 Å². The van der Waals surface area contributed by atoms with E-state index in [-0.39, 0.29) is 5.75 Å². The number of ether oxygens (including phenoxy) is 1. The third kappa shape index (κ3) is 4.28. The number of carbonyl (C=O) groups excluding carboxylic acids is 1. The minimum Gasteiger partial charge on any atom is -0.504 e. The van der Waals surface area contributed by atoms with Crippen molar-refractivity contribution in [3.63, 3.8) is 0 Å². The van der Waals surface area contributed by atoms with Gasteiger partial charge in [-0.15, -0.1) is 0 Å². The lowest BCUT2D eigenvalue weighted by Crippen LogP contribution is -2.43. The van der Waals surface area contributed by atoms with Crippen LogP contribution in [0, 0.1) is 0 Å². The van der Waals surface area contributed by atoms with Crippen molar-refractivity contribution in [1.29, 1.82) is 0 Å². The first kappa shape index (κ1) is 20.1. The quantitative estimate of drug-likeness (QED) is 0.427. The normalized spacial score (nSPS) is 11.4. The third-order valence-corrected chi connectivity index (χ3v) is 4.41. The van der Waals surface area contributed by atoms with E-state index in [1.807, 2.05) is 6.92 Å². The molecule has 0 saturated heterocycles. The molecule has 0 saturated carbocycles. The number of nitrogens with one attached hydrogen (secondary N) is 1. The van der Waals surface area contributed by atoms with Gasteiger partial charge in [-0.3, -0.25) is 4.79 Å². The number of hydrazone groups is 1. The van der Waals surface area contributed by atoms with E-state index in [0.717, 1.165) is 0 Å². The highest BCUT2D eigenvalue weighted by molar-refractivity contribution is 5.91. The fourth-order valence-electron chi connectivity index (χ4n) is 2.94. The fourth-order valence-corrected chi connectivity index (χ4v) is 2.94. The zero-order valence-electron chi connectivity index (χ0n) is 15.9. The van der Waals surface area contributed by atoms with E-state index in [1.165, 1.54) is 6.21 Å². The molecule has 3 aromatic rings. The van der Waals surface area contributed by atoms with Crippen LogP contribution in [0.5, 0.6) is 11.5 Å². The molecule has 1 amide bonds. The molecular weight excluding hydrogens is 368 g/mol. The van der Waals surface area contributed by atoms with Crippen molar-refractivity contribution in [3.8, 4) is 11.5 Å². The topological polar surface area (TPSA) is 91.2 Å². The van der Waals surface area contributed by atoms with Crippen molar-refractivity contribution in [2.45, 2.75) is 12.5 Å². The number of hydrogen-bond donors (Lipinski definition) is 3. The monoisotopic (exact) mass is 390 g/mol. The Hall–Kier alpha value is -3.64. The average molecular weight is 390 g/mol. The first-order chi connectivity index (χ1) is 14.1. The van der Waals surface area contributed by atoms with Gasteiger partial charge in [0.1, 0.15) is 0 Å². The summed E-state index contributed by atoms with van der Waals surface area (Å²) in [7, 11) is 0. The van der Waals surface area contributed by atoms with Crippen molar-refractivity contribution in [2.75, 3.05) is 6.61 Å². The lowest BCUT2D eigenvalue weighted by molar-refractivity contribution is -0.136. The minimum atomic E-state index is -1.92. The SMILES string of the molecule is CCOc1cccc(C=NNC(=O)C(O)(c2ccccc2)c2ccccc2)c1O. The summed E-state index contributed by atoms with van der Waals surface area (Å²) in [5, 5.41) is 25.5. The third-order valence-electron chi connectivity index (χ3n) is 4.41. The maximum Gasteiger partial charge on any atom is 0.281 e. The summed E-state index contributed by atoms with van der Waals surface area (Å²) in [5.41, 5.74) is 1.66. The Kier molecular flexibility index (Phi) is 6.26. The van der Waals surface area contributed by atoms with Gasteiger partial charge in [-0.2, -0.15) is 5.10 Å². The number of rotatable bonds is 7. The Morgan fingerprint density at radius 3 is 2.14 bits per heavy atom. The molecule has 3 N–H and O–H groups in total. The molecule has 0 aliphatic heterocycles. The van der Waals surface area contributed by atoms with Crippen molar-refractivity contribution >= 4 is 12.1 Å². The number of hydrogen-bond acceptors (Lipinski definition) is 5. The molecule has 0 bridgehead atoms. The van der Waals surface area contributed by atoms with Gasteiger partial charge in [-0.1, -0.05) is 66.7 Å². The molecule has 0 atom stereocenters. The van der Waals surface area contributed by atoms with E-state index in [9.17, 15) is 15.0 Å². The molecule has 3 rings (SSSR count). The van der Waals surface area contributed by atoms with Gasteiger partial charge < -0.3 is 14.9 Å². The summed E-state index contributed by atoms with van der Waals surface area (Å²) in [4.78, 5) is 12.9. The number of phenolic OH excluding ortho intramolecular Hbond substituents is 1. The molecule has 29 heavy (non-hydrogen) atoms. The summed E-state index contributed by atoms with van der Waals surface area (Å²) in [6.45, 7) is 2.22. The van der Waals surface area contributed by atoms with E-state index >= 15 is 0 Å². The first-order valence-electron chi connectivity index (χ1n) is 9.19. The molecule has 0 fully saturated rings. The summed E-state index contributed by atoms with van der Waals surface area (Å²) in [6, 6.07) is 22.3. The highest BCUT2D eigenvalue weighted by Gasteiger charge is 2.39. The second-order valence-corrected chi connectivity index (χ2v) is 6.27. The zero-order valence-corrected chi connectivity index (χ0v) is 15.9. The summed E-state index contributed by atoms with van der Waals surface area (Å²) in [6.07, 6.45) is 1.30. The number of aromatic hydroxyl groups is 1. The van der Waals surface area contributed by atoms with Crippen LogP contribution in [-0.2, 0) is 10.4 Å². The number of nitrogens with zero attached hydrogens (tertiary/aromatic N) is 1. The molecule has 0 heterocycles. The molecule has 6 heteroatoms. The predicted molar refractivity (Wildman–Crippen MR) is 111 cm³/mol. The lowest BCUT2D eigenvalue weighted by atomic mass is 9.85. The van der Waals surface area contributed by atoms with Crippen LogP contribution in [0.3, 0.4) is 0 Å². The summed E-state index contributed by atoms with van der Waals surface area (Å²) < 4.78 is 5.34. The largest absolute Gasteiger partial charge is 0.504 e. The van der Waals surface area contributed by atoms with Gasteiger partial charge >= 0.3 is 0 Å². The van der Waals surface area contributed by atoms with Crippen LogP contribution in [0.1, 0.15) is 23.6 Å². The molecule has 0 aliphatic rings. The number of amides is 1. The Bertz CT molecular complexity index is 949. The van der Waals surface area contributed by atoms with Gasteiger partial charge in [-0.05, 0) is 30.2 Å². The number of para-hydroxylation sites is 1. The number of phenols is 1. The van der Waals surface area contributed by atoms with Crippen molar-refractivity contribution in [1.82, 2.24) is 5.43 Å². The summed E-state index contributed by atoms with van der Waals surface area (Å²) >= 11 is 0. The maximum atomic E-state index is 12.9. The highest BCUT2D eigenvalue weighted by atomic mass is 16.5. The lowest BCUT2D eigenvalue weighted by Gasteiger charge is -2.27. The minimum absolute atomic E-state index is 0.0753.